The molecule has 0 aliphatic carbocycles. The molecule has 0 saturated carbocycles. The zero-order valence-electron chi connectivity index (χ0n) is 16.5. The van der Waals surface area contributed by atoms with Crippen LogP contribution in [0.25, 0.3) is 10.9 Å². The maximum atomic E-state index is 12.7. The molecule has 2 heterocycles. The smallest absolute Gasteiger partial charge is 0.324 e. The quantitative estimate of drug-likeness (QED) is 0.525. The number of nitrogens with one attached hydrogen (secondary N) is 3. The number of anilines is 1. The number of hydrogen-bond donors (Lipinski definition) is 3. The van der Waals surface area contributed by atoms with Crippen LogP contribution in [0.15, 0.2) is 54.7 Å². The lowest BCUT2D eigenvalue weighted by atomic mass is 10.1. The van der Waals surface area contributed by atoms with E-state index in [1.165, 1.54) is 0 Å². The van der Waals surface area contributed by atoms with E-state index >= 15 is 0 Å². The van der Waals surface area contributed by atoms with Crippen LogP contribution in [0.1, 0.15) is 12.0 Å². The van der Waals surface area contributed by atoms with Gasteiger partial charge in [0.1, 0.15) is 11.8 Å². The first-order valence-electron chi connectivity index (χ1n) is 9.66. The Hall–Kier alpha value is -3.81. The molecular formula is C22H22N4O4. The second-order valence-electron chi connectivity index (χ2n) is 7.05. The fourth-order valence-electron chi connectivity index (χ4n) is 3.65. The molecule has 8 nitrogen and oxygen atoms in total. The number of fused-ring (bicyclic) bond motifs is 1. The van der Waals surface area contributed by atoms with E-state index in [2.05, 4.69) is 15.6 Å². The third-order valence-corrected chi connectivity index (χ3v) is 5.16. The lowest BCUT2D eigenvalue weighted by molar-refractivity contribution is -0.129. The predicted octanol–water partition coefficient (Wildman–Crippen LogP) is 2.67. The summed E-state index contributed by atoms with van der Waals surface area (Å²) in [5.41, 5.74) is 2.46. The summed E-state index contributed by atoms with van der Waals surface area (Å²) >= 11 is 0. The number of aromatic amines is 1. The summed E-state index contributed by atoms with van der Waals surface area (Å²) in [6.07, 6.45) is 2.13. The Morgan fingerprint density at radius 2 is 1.97 bits per heavy atom. The van der Waals surface area contributed by atoms with Gasteiger partial charge in [-0.15, -0.1) is 0 Å². The molecule has 2 aromatic carbocycles. The first-order chi connectivity index (χ1) is 14.6. The summed E-state index contributed by atoms with van der Waals surface area (Å²) < 4.78 is 5.31. The van der Waals surface area contributed by atoms with Crippen LogP contribution in [0.3, 0.4) is 0 Å². The van der Waals surface area contributed by atoms with Gasteiger partial charge in [0.15, 0.2) is 0 Å². The van der Waals surface area contributed by atoms with E-state index in [0.29, 0.717) is 17.9 Å². The van der Waals surface area contributed by atoms with Gasteiger partial charge in [-0.2, -0.15) is 0 Å². The standard InChI is InChI=1S/C22H22N4O4/c1-30-19-8-3-2-5-14(19)10-12-26-21(28)18(25-22(26)29)13-20(27)24-17-7-4-6-16-15(17)9-11-23-16/h2-9,11,18,23H,10,12-13H2,1H3,(H,24,27)(H,25,29)/t18-/m0/s1. The van der Waals surface area contributed by atoms with Crippen LogP contribution in [-0.2, 0) is 16.0 Å². The average molecular weight is 406 g/mol. The number of ether oxygens (including phenoxy) is 1. The first-order valence-corrected chi connectivity index (χ1v) is 9.66. The molecular weight excluding hydrogens is 384 g/mol. The number of amides is 4. The van der Waals surface area contributed by atoms with Crippen LogP contribution in [0.5, 0.6) is 5.75 Å². The summed E-state index contributed by atoms with van der Waals surface area (Å²) in [5.74, 6) is -0.0294. The number of benzene rings is 2. The van der Waals surface area contributed by atoms with E-state index in [4.69, 9.17) is 4.74 Å². The Bertz CT molecular complexity index is 1110. The molecule has 3 aromatic rings. The molecule has 1 saturated heterocycles. The molecule has 0 spiro atoms. The van der Waals surface area contributed by atoms with Gasteiger partial charge in [-0.25, -0.2) is 4.79 Å². The second kappa shape index (κ2) is 8.28. The summed E-state index contributed by atoms with van der Waals surface area (Å²) in [7, 11) is 1.58. The normalized spacial score (nSPS) is 16.0. The highest BCUT2D eigenvalue weighted by Crippen LogP contribution is 2.23. The highest BCUT2D eigenvalue weighted by molar-refractivity contribution is 6.08. The number of carbonyl (C=O) groups is 3. The minimum atomic E-state index is -0.874. The second-order valence-corrected chi connectivity index (χ2v) is 7.05. The van der Waals surface area contributed by atoms with Crippen LogP contribution in [0.2, 0.25) is 0 Å². The van der Waals surface area contributed by atoms with E-state index < -0.39 is 18.0 Å². The third-order valence-electron chi connectivity index (χ3n) is 5.16. The first kappa shape index (κ1) is 19.5. The Labute approximate surface area is 173 Å². The average Bonchev–Trinajstić information content (AvgIpc) is 3.32. The summed E-state index contributed by atoms with van der Waals surface area (Å²) in [6, 6.07) is 13.5. The summed E-state index contributed by atoms with van der Waals surface area (Å²) in [6.45, 7) is 0.214. The number of hydrogen-bond acceptors (Lipinski definition) is 4. The SMILES string of the molecule is COc1ccccc1CCN1C(=O)N[C@@H](CC(=O)Nc2cccc3[nH]ccc23)C1=O. The molecule has 0 unspecified atom stereocenters. The van der Waals surface area contributed by atoms with Gasteiger partial charge >= 0.3 is 6.03 Å². The van der Waals surface area contributed by atoms with E-state index in [9.17, 15) is 14.4 Å². The zero-order chi connectivity index (χ0) is 21.1. The maximum Gasteiger partial charge on any atom is 0.324 e. The van der Waals surface area contributed by atoms with Gasteiger partial charge in [-0.05, 0) is 36.2 Å². The van der Waals surface area contributed by atoms with E-state index in [0.717, 1.165) is 21.4 Å². The van der Waals surface area contributed by atoms with Crippen molar-refractivity contribution in [2.24, 2.45) is 0 Å². The number of carbonyl (C=O) groups excluding carboxylic acids is 3. The molecule has 4 rings (SSSR count). The maximum absolute atomic E-state index is 12.7. The molecule has 30 heavy (non-hydrogen) atoms. The van der Waals surface area contributed by atoms with Crippen molar-refractivity contribution in [2.75, 3.05) is 19.0 Å². The molecule has 1 atom stereocenters. The predicted molar refractivity (Wildman–Crippen MR) is 112 cm³/mol. The number of imide groups is 1. The van der Waals surface area contributed by atoms with Gasteiger partial charge < -0.3 is 20.4 Å². The van der Waals surface area contributed by atoms with Crippen LogP contribution in [0.4, 0.5) is 10.5 Å². The Morgan fingerprint density at radius 3 is 2.80 bits per heavy atom. The fourth-order valence-corrected chi connectivity index (χ4v) is 3.65. The molecule has 1 aliphatic rings. The summed E-state index contributed by atoms with van der Waals surface area (Å²) in [4.78, 5) is 41.7. The number of rotatable bonds is 7. The third kappa shape index (κ3) is 3.84. The number of para-hydroxylation sites is 1. The largest absolute Gasteiger partial charge is 0.496 e. The van der Waals surface area contributed by atoms with Crippen molar-refractivity contribution >= 4 is 34.4 Å². The van der Waals surface area contributed by atoms with Gasteiger partial charge in [0.05, 0.1) is 19.2 Å². The van der Waals surface area contributed by atoms with Crippen molar-refractivity contribution in [2.45, 2.75) is 18.9 Å². The monoisotopic (exact) mass is 406 g/mol. The molecule has 0 bridgehead atoms. The lowest BCUT2D eigenvalue weighted by Crippen LogP contribution is -2.35. The Morgan fingerprint density at radius 1 is 1.13 bits per heavy atom. The minimum absolute atomic E-state index is 0.128. The summed E-state index contributed by atoms with van der Waals surface area (Å²) in [5, 5.41) is 6.31. The molecule has 154 valence electrons. The van der Waals surface area contributed by atoms with Crippen molar-refractivity contribution in [1.82, 2.24) is 15.2 Å². The Balaban J connectivity index is 1.37. The van der Waals surface area contributed by atoms with Crippen LogP contribution < -0.4 is 15.4 Å². The molecule has 4 amide bonds. The minimum Gasteiger partial charge on any atom is -0.496 e. The van der Waals surface area contributed by atoms with Gasteiger partial charge in [0.2, 0.25) is 5.91 Å². The molecule has 3 N–H and O–H groups in total. The topological polar surface area (TPSA) is 104 Å². The molecule has 1 fully saturated rings. The highest BCUT2D eigenvalue weighted by atomic mass is 16.5. The van der Waals surface area contributed by atoms with Crippen LogP contribution in [-0.4, -0.2) is 47.4 Å². The van der Waals surface area contributed by atoms with Gasteiger partial charge in [-0.1, -0.05) is 24.3 Å². The number of H-pyrrole nitrogens is 1. The number of nitrogens with zero attached hydrogens (tertiary/aromatic N) is 1. The van der Waals surface area contributed by atoms with Gasteiger partial charge in [0.25, 0.3) is 5.91 Å². The number of methoxy groups -OCH3 is 1. The number of aromatic nitrogens is 1. The Kier molecular flexibility index (Phi) is 5.38. The van der Waals surface area contributed by atoms with Crippen molar-refractivity contribution in [3.63, 3.8) is 0 Å². The van der Waals surface area contributed by atoms with E-state index in [1.807, 2.05) is 42.5 Å². The lowest BCUT2D eigenvalue weighted by Gasteiger charge is -2.14. The molecule has 1 aliphatic heterocycles. The van der Waals surface area contributed by atoms with Crippen molar-refractivity contribution in [3.8, 4) is 5.75 Å². The van der Waals surface area contributed by atoms with Crippen LogP contribution >= 0.6 is 0 Å². The molecule has 8 heteroatoms. The zero-order valence-corrected chi connectivity index (χ0v) is 16.5. The molecule has 0 radical (unpaired) electrons. The van der Waals surface area contributed by atoms with Gasteiger partial charge in [0, 0.05) is 23.6 Å². The van der Waals surface area contributed by atoms with Crippen molar-refractivity contribution in [1.29, 1.82) is 0 Å². The number of urea groups is 1. The van der Waals surface area contributed by atoms with Crippen molar-refractivity contribution < 1.29 is 19.1 Å². The van der Waals surface area contributed by atoms with E-state index in [1.54, 1.807) is 19.4 Å². The fraction of sp³-hybridized carbons (Fsp3) is 0.227. The van der Waals surface area contributed by atoms with Gasteiger partial charge in [-0.3, -0.25) is 14.5 Å². The van der Waals surface area contributed by atoms with Crippen LogP contribution in [0, 0.1) is 0 Å². The van der Waals surface area contributed by atoms with Crippen molar-refractivity contribution in [3.05, 3.63) is 60.3 Å². The van der Waals surface area contributed by atoms with E-state index in [-0.39, 0.29) is 18.9 Å². The molecule has 1 aromatic heterocycles. The highest BCUT2D eigenvalue weighted by Gasteiger charge is 2.38.